The number of hydrogen-bond acceptors (Lipinski definition) is 3. The summed E-state index contributed by atoms with van der Waals surface area (Å²) in [6, 6.07) is 23.4. The molecule has 0 aromatic heterocycles. The summed E-state index contributed by atoms with van der Waals surface area (Å²) in [6.07, 6.45) is 0. The predicted octanol–water partition coefficient (Wildman–Crippen LogP) is 4.52. The van der Waals surface area contributed by atoms with E-state index in [1.807, 2.05) is 48.5 Å². The van der Waals surface area contributed by atoms with E-state index in [1.54, 1.807) is 24.3 Å². The molecule has 6 heteroatoms. The van der Waals surface area contributed by atoms with Crippen LogP contribution < -0.4 is 15.0 Å². The van der Waals surface area contributed by atoms with Gasteiger partial charge < -0.3 is 10.1 Å². The second-order valence-electron chi connectivity index (χ2n) is 6.02. The van der Waals surface area contributed by atoms with Crippen LogP contribution >= 0.6 is 11.6 Å². The van der Waals surface area contributed by atoms with Crippen LogP contribution in [-0.2, 0) is 16.1 Å². The highest BCUT2D eigenvalue weighted by molar-refractivity contribution is 6.44. The van der Waals surface area contributed by atoms with E-state index in [9.17, 15) is 9.59 Å². The Labute approximate surface area is 168 Å². The SMILES string of the molecule is COc1ccc(NC(=O)C(=O)N(Cc2ccccc2)c2ccccc2)cc1Cl. The van der Waals surface area contributed by atoms with E-state index in [0.717, 1.165) is 5.56 Å². The molecular formula is C22H19ClN2O3. The van der Waals surface area contributed by atoms with E-state index in [4.69, 9.17) is 16.3 Å². The molecule has 0 aliphatic heterocycles. The Hall–Kier alpha value is -3.31. The third kappa shape index (κ3) is 4.69. The van der Waals surface area contributed by atoms with Gasteiger partial charge in [0, 0.05) is 11.4 Å². The Morgan fingerprint density at radius 1 is 0.964 bits per heavy atom. The maximum absolute atomic E-state index is 12.9. The number of methoxy groups -OCH3 is 1. The highest BCUT2D eigenvalue weighted by Crippen LogP contribution is 2.27. The average Bonchev–Trinajstić information content (AvgIpc) is 2.73. The standard InChI is InChI=1S/C22H19ClN2O3/c1-28-20-13-12-17(14-19(20)23)24-21(26)22(27)25(18-10-6-3-7-11-18)15-16-8-4-2-5-9-16/h2-14H,15H2,1H3,(H,24,26). The molecule has 0 bridgehead atoms. The Morgan fingerprint density at radius 2 is 1.61 bits per heavy atom. The number of rotatable bonds is 5. The van der Waals surface area contributed by atoms with Gasteiger partial charge >= 0.3 is 11.8 Å². The van der Waals surface area contributed by atoms with Crippen LogP contribution in [0.3, 0.4) is 0 Å². The predicted molar refractivity (Wildman–Crippen MR) is 111 cm³/mol. The lowest BCUT2D eigenvalue weighted by Gasteiger charge is -2.22. The molecule has 0 aliphatic rings. The number of benzene rings is 3. The van der Waals surface area contributed by atoms with Crippen LogP contribution in [0.25, 0.3) is 0 Å². The number of halogens is 1. The van der Waals surface area contributed by atoms with Gasteiger partial charge in [0.25, 0.3) is 0 Å². The summed E-state index contributed by atoms with van der Waals surface area (Å²) in [6.45, 7) is 0.278. The highest BCUT2D eigenvalue weighted by Gasteiger charge is 2.24. The number of para-hydroxylation sites is 1. The number of ether oxygens (including phenoxy) is 1. The molecule has 0 saturated heterocycles. The molecule has 3 aromatic carbocycles. The molecule has 0 aliphatic carbocycles. The van der Waals surface area contributed by atoms with Crippen molar-refractivity contribution < 1.29 is 14.3 Å². The molecule has 2 amide bonds. The molecule has 0 fully saturated rings. The third-order valence-electron chi connectivity index (χ3n) is 4.10. The lowest BCUT2D eigenvalue weighted by Crippen LogP contribution is -2.39. The first-order valence-corrected chi connectivity index (χ1v) is 9.01. The lowest BCUT2D eigenvalue weighted by molar-refractivity contribution is -0.134. The zero-order chi connectivity index (χ0) is 19.9. The molecule has 142 valence electrons. The second kappa shape index (κ2) is 9.06. The van der Waals surface area contributed by atoms with Crippen molar-refractivity contribution in [1.82, 2.24) is 0 Å². The number of nitrogens with zero attached hydrogens (tertiary/aromatic N) is 1. The molecule has 3 rings (SSSR count). The number of nitrogens with one attached hydrogen (secondary N) is 1. The first kappa shape index (κ1) is 19.5. The topological polar surface area (TPSA) is 58.6 Å². The van der Waals surface area contributed by atoms with Crippen LogP contribution in [0.1, 0.15) is 5.56 Å². The van der Waals surface area contributed by atoms with Gasteiger partial charge in [0.2, 0.25) is 0 Å². The normalized spacial score (nSPS) is 10.2. The van der Waals surface area contributed by atoms with Crippen LogP contribution in [0, 0.1) is 0 Å². The molecule has 0 spiro atoms. The van der Waals surface area contributed by atoms with Gasteiger partial charge in [0.05, 0.1) is 18.7 Å². The fourth-order valence-corrected chi connectivity index (χ4v) is 2.96. The van der Waals surface area contributed by atoms with Gasteiger partial charge in [-0.2, -0.15) is 0 Å². The Kier molecular flexibility index (Phi) is 6.29. The van der Waals surface area contributed by atoms with E-state index in [-0.39, 0.29) is 6.54 Å². The first-order chi connectivity index (χ1) is 13.6. The highest BCUT2D eigenvalue weighted by atomic mass is 35.5. The Morgan fingerprint density at radius 3 is 2.21 bits per heavy atom. The van der Waals surface area contributed by atoms with Crippen molar-refractivity contribution in [2.45, 2.75) is 6.54 Å². The van der Waals surface area contributed by atoms with E-state index < -0.39 is 11.8 Å². The second-order valence-corrected chi connectivity index (χ2v) is 6.42. The molecular weight excluding hydrogens is 376 g/mol. The van der Waals surface area contributed by atoms with Crippen LogP contribution in [0.2, 0.25) is 5.02 Å². The van der Waals surface area contributed by atoms with Crippen LogP contribution in [-0.4, -0.2) is 18.9 Å². The van der Waals surface area contributed by atoms with Gasteiger partial charge in [-0.3, -0.25) is 14.5 Å². The van der Waals surface area contributed by atoms with Gasteiger partial charge in [-0.1, -0.05) is 60.1 Å². The number of anilines is 2. The average molecular weight is 395 g/mol. The minimum absolute atomic E-state index is 0.278. The maximum Gasteiger partial charge on any atom is 0.316 e. The molecule has 3 aromatic rings. The van der Waals surface area contributed by atoms with Crippen LogP contribution in [0.5, 0.6) is 5.75 Å². The van der Waals surface area contributed by atoms with E-state index >= 15 is 0 Å². The number of carbonyl (C=O) groups is 2. The summed E-state index contributed by atoms with van der Waals surface area (Å²) >= 11 is 6.09. The fourth-order valence-electron chi connectivity index (χ4n) is 2.71. The Balaban J connectivity index is 1.82. The maximum atomic E-state index is 12.9. The molecule has 1 N–H and O–H groups in total. The van der Waals surface area contributed by atoms with Crippen molar-refractivity contribution in [3.8, 4) is 5.75 Å². The molecule has 0 atom stereocenters. The molecule has 0 heterocycles. The van der Waals surface area contributed by atoms with Crippen molar-refractivity contribution in [2.75, 3.05) is 17.3 Å². The summed E-state index contributed by atoms with van der Waals surface area (Å²) in [7, 11) is 1.50. The van der Waals surface area contributed by atoms with Gasteiger partial charge in [-0.05, 0) is 35.9 Å². The molecule has 0 saturated carbocycles. The third-order valence-corrected chi connectivity index (χ3v) is 4.40. The van der Waals surface area contributed by atoms with Crippen molar-refractivity contribution in [1.29, 1.82) is 0 Å². The fraction of sp³-hybridized carbons (Fsp3) is 0.0909. The quantitative estimate of drug-likeness (QED) is 0.647. The van der Waals surface area contributed by atoms with Crippen molar-refractivity contribution in [3.05, 3.63) is 89.4 Å². The number of hydrogen-bond donors (Lipinski definition) is 1. The zero-order valence-corrected chi connectivity index (χ0v) is 16.0. The zero-order valence-electron chi connectivity index (χ0n) is 15.3. The van der Waals surface area contributed by atoms with Crippen molar-refractivity contribution >= 4 is 34.8 Å². The minimum Gasteiger partial charge on any atom is -0.495 e. The van der Waals surface area contributed by atoms with E-state index in [2.05, 4.69) is 5.32 Å². The van der Waals surface area contributed by atoms with E-state index in [1.165, 1.54) is 18.1 Å². The largest absolute Gasteiger partial charge is 0.495 e. The summed E-state index contributed by atoms with van der Waals surface area (Å²) in [5.41, 5.74) is 1.97. The summed E-state index contributed by atoms with van der Waals surface area (Å²) in [5.74, 6) is -0.927. The van der Waals surface area contributed by atoms with Gasteiger partial charge in [0.15, 0.2) is 0 Å². The molecule has 0 radical (unpaired) electrons. The summed E-state index contributed by atoms with van der Waals surface area (Å²) in [4.78, 5) is 27.0. The first-order valence-electron chi connectivity index (χ1n) is 8.64. The van der Waals surface area contributed by atoms with Gasteiger partial charge in [-0.25, -0.2) is 0 Å². The minimum atomic E-state index is -0.749. The summed E-state index contributed by atoms with van der Waals surface area (Å²) < 4.78 is 5.10. The number of carbonyl (C=O) groups excluding carboxylic acids is 2. The smallest absolute Gasteiger partial charge is 0.316 e. The Bertz CT molecular complexity index is 962. The number of amides is 2. The van der Waals surface area contributed by atoms with Crippen LogP contribution in [0.15, 0.2) is 78.9 Å². The molecule has 28 heavy (non-hydrogen) atoms. The van der Waals surface area contributed by atoms with Gasteiger partial charge in [-0.15, -0.1) is 0 Å². The molecule has 0 unspecified atom stereocenters. The lowest BCUT2D eigenvalue weighted by atomic mass is 10.2. The van der Waals surface area contributed by atoms with Crippen molar-refractivity contribution in [3.63, 3.8) is 0 Å². The van der Waals surface area contributed by atoms with Gasteiger partial charge in [0.1, 0.15) is 5.75 Å². The summed E-state index contributed by atoms with van der Waals surface area (Å²) in [5, 5.41) is 2.94. The van der Waals surface area contributed by atoms with Crippen LogP contribution in [0.4, 0.5) is 11.4 Å². The van der Waals surface area contributed by atoms with Crippen molar-refractivity contribution in [2.24, 2.45) is 0 Å². The molecule has 5 nitrogen and oxygen atoms in total. The van der Waals surface area contributed by atoms with E-state index in [0.29, 0.717) is 22.1 Å². The monoisotopic (exact) mass is 394 g/mol.